The number of hydrogen-bond acceptors (Lipinski definition) is 4. The molecule has 1 atom stereocenters. The number of rotatable bonds is 6. The van der Waals surface area contributed by atoms with Gasteiger partial charge in [0, 0.05) is 24.0 Å². The Balaban J connectivity index is 2.97. The topological polar surface area (TPSA) is 69.1 Å². The first-order valence-electron chi connectivity index (χ1n) is 3.41. The van der Waals surface area contributed by atoms with Crippen molar-refractivity contribution in [3.8, 4) is 0 Å². The molecule has 66 valence electrons. The predicted octanol–water partition coefficient (Wildman–Crippen LogP) is 0.590. The van der Waals surface area contributed by atoms with E-state index in [2.05, 4.69) is 0 Å². The van der Waals surface area contributed by atoms with Crippen LogP contribution in [0.3, 0.4) is 0 Å². The molecule has 3 nitrogen and oxygen atoms in total. The molecule has 0 aliphatic rings. The van der Waals surface area contributed by atoms with E-state index < -0.39 is 0 Å². The van der Waals surface area contributed by atoms with Crippen molar-refractivity contribution < 1.29 is 4.79 Å². The number of carbonyl (C=O) groups is 1. The van der Waals surface area contributed by atoms with Crippen LogP contribution in [-0.2, 0) is 4.79 Å². The van der Waals surface area contributed by atoms with Gasteiger partial charge in [0.1, 0.15) is 0 Å². The second-order valence-corrected chi connectivity index (χ2v) is 4.93. The molecule has 11 heavy (non-hydrogen) atoms. The normalized spacial score (nSPS) is 12.9. The quantitative estimate of drug-likeness (QED) is 0.479. The van der Waals surface area contributed by atoms with Crippen LogP contribution in [0.4, 0.5) is 0 Å². The minimum Gasteiger partial charge on any atom is -0.370 e. The molecule has 0 aliphatic heterocycles. The lowest BCUT2D eigenvalue weighted by molar-refractivity contribution is -0.117. The Bertz CT molecular complexity index is 119. The van der Waals surface area contributed by atoms with Crippen LogP contribution in [0.5, 0.6) is 0 Å². The molecule has 5 heteroatoms. The zero-order chi connectivity index (χ0) is 8.69. The standard InChI is InChI=1S/C6H14N2OS2/c1-5(7)4-11-10-3-2-6(8)9/h5H,2-4,7H2,1H3,(H2,8,9). The Morgan fingerprint density at radius 2 is 2.18 bits per heavy atom. The summed E-state index contributed by atoms with van der Waals surface area (Å²) < 4.78 is 0. The van der Waals surface area contributed by atoms with Crippen molar-refractivity contribution >= 4 is 27.5 Å². The molecule has 0 spiro atoms. The van der Waals surface area contributed by atoms with Gasteiger partial charge in [0.15, 0.2) is 0 Å². The fraction of sp³-hybridized carbons (Fsp3) is 0.833. The van der Waals surface area contributed by atoms with Crippen LogP contribution in [-0.4, -0.2) is 23.5 Å². The zero-order valence-electron chi connectivity index (χ0n) is 6.58. The van der Waals surface area contributed by atoms with Crippen LogP contribution in [0, 0.1) is 0 Å². The average Bonchev–Trinajstić information content (AvgIpc) is 1.85. The molecular formula is C6H14N2OS2. The molecule has 0 aromatic carbocycles. The molecule has 4 N–H and O–H groups in total. The van der Waals surface area contributed by atoms with Crippen molar-refractivity contribution in [1.82, 2.24) is 0 Å². The van der Waals surface area contributed by atoms with E-state index in [1.54, 1.807) is 21.6 Å². The molecule has 0 saturated heterocycles. The van der Waals surface area contributed by atoms with Crippen LogP contribution in [0.2, 0.25) is 0 Å². The SMILES string of the molecule is CC(N)CSSCCC(N)=O. The molecule has 1 amide bonds. The monoisotopic (exact) mass is 194 g/mol. The van der Waals surface area contributed by atoms with E-state index in [-0.39, 0.29) is 11.9 Å². The van der Waals surface area contributed by atoms with E-state index in [1.165, 1.54) is 0 Å². The first-order valence-corrected chi connectivity index (χ1v) is 5.90. The van der Waals surface area contributed by atoms with Crippen LogP contribution in [0.15, 0.2) is 0 Å². The third-order valence-electron chi connectivity index (χ3n) is 0.846. The molecule has 0 aromatic rings. The molecule has 0 saturated carbocycles. The van der Waals surface area contributed by atoms with Gasteiger partial charge in [0.25, 0.3) is 0 Å². The Labute approximate surface area is 75.1 Å². The number of carbonyl (C=O) groups excluding carboxylic acids is 1. The van der Waals surface area contributed by atoms with Crippen molar-refractivity contribution in [2.24, 2.45) is 11.5 Å². The Morgan fingerprint density at radius 3 is 2.64 bits per heavy atom. The fourth-order valence-corrected chi connectivity index (χ4v) is 2.61. The van der Waals surface area contributed by atoms with E-state index in [0.29, 0.717) is 6.42 Å². The van der Waals surface area contributed by atoms with Gasteiger partial charge in [-0.15, -0.1) is 0 Å². The molecule has 1 unspecified atom stereocenters. The lowest BCUT2D eigenvalue weighted by Gasteiger charge is -2.02. The van der Waals surface area contributed by atoms with E-state index in [4.69, 9.17) is 11.5 Å². The van der Waals surface area contributed by atoms with Crippen LogP contribution >= 0.6 is 21.6 Å². The molecule has 0 aromatic heterocycles. The van der Waals surface area contributed by atoms with Gasteiger partial charge in [-0.3, -0.25) is 4.79 Å². The Hall–Kier alpha value is 0.130. The number of hydrogen-bond donors (Lipinski definition) is 2. The maximum Gasteiger partial charge on any atom is 0.218 e. The van der Waals surface area contributed by atoms with Crippen LogP contribution < -0.4 is 11.5 Å². The lowest BCUT2D eigenvalue weighted by Crippen LogP contribution is -2.17. The predicted molar refractivity (Wildman–Crippen MR) is 52.4 cm³/mol. The van der Waals surface area contributed by atoms with Gasteiger partial charge in [-0.05, 0) is 6.92 Å². The summed E-state index contributed by atoms with van der Waals surface area (Å²) in [5.74, 6) is 1.47. The smallest absolute Gasteiger partial charge is 0.218 e. The van der Waals surface area contributed by atoms with Crippen LogP contribution in [0.1, 0.15) is 13.3 Å². The lowest BCUT2D eigenvalue weighted by atomic mass is 10.4. The fourth-order valence-electron chi connectivity index (χ4n) is 0.357. The maximum atomic E-state index is 10.3. The first-order chi connectivity index (χ1) is 5.13. The highest BCUT2D eigenvalue weighted by Crippen LogP contribution is 2.21. The highest BCUT2D eigenvalue weighted by Gasteiger charge is 1.97. The molecule has 0 rings (SSSR count). The van der Waals surface area contributed by atoms with E-state index in [0.717, 1.165) is 11.5 Å². The summed E-state index contributed by atoms with van der Waals surface area (Å²) in [6.07, 6.45) is 0.455. The van der Waals surface area contributed by atoms with Gasteiger partial charge in [-0.25, -0.2) is 0 Å². The zero-order valence-corrected chi connectivity index (χ0v) is 8.21. The van der Waals surface area contributed by atoms with Crippen molar-refractivity contribution in [2.45, 2.75) is 19.4 Å². The second kappa shape index (κ2) is 6.82. The van der Waals surface area contributed by atoms with Gasteiger partial charge in [-0.2, -0.15) is 0 Å². The van der Waals surface area contributed by atoms with Gasteiger partial charge in [-0.1, -0.05) is 21.6 Å². The summed E-state index contributed by atoms with van der Waals surface area (Å²) in [5, 5.41) is 0. The van der Waals surface area contributed by atoms with Gasteiger partial charge in [0.05, 0.1) is 0 Å². The summed E-state index contributed by atoms with van der Waals surface area (Å²) in [5.41, 5.74) is 10.5. The first kappa shape index (κ1) is 11.1. The summed E-state index contributed by atoms with van der Waals surface area (Å²) in [6.45, 7) is 1.96. The third kappa shape index (κ3) is 10.1. The van der Waals surface area contributed by atoms with E-state index in [1.807, 2.05) is 6.92 Å². The molecule has 0 heterocycles. The minimum absolute atomic E-state index is 0.223. The molecule has 0 bridgehead atoms. The van der Waals surface area contributed by atoms with Crippen molar-refractivity contribution in [3.63, 3.8) is 0 Å². The summed E-state index contributed by atoms with van der Waals surface area (Å²) in [7, 11) is 3.33. The number of nitrogens with two attached hydrogens (primary N) is 2. The van der Waals surface area contributed by atoms with Crippen molar-refractivity contribution in [2.75, 3.05) is 11.5 Å². The summed E-state index contributed by atoms with van der Waals surface area (Å²) in [4.78, 5) is 10.3. The average molecular weight is 194 g/mol. The largest absolute Gasteiger partial charge is 0.370 e. The highest BCUT2D eigenvalue weighted by atomic mass is 33.1. The van der Waals surface area contributed by atoms with E-state index in [9.17, 15) is 4.79 Å². The summed E-state index contributed by atoms with van der Waals surface area (Å²) >= 11 is 0. The van der Waals surface area contributed by atoms with Gasteiger partial charge in [0.2, 0.25) is 5.91 Å². The Kier molecular flexibility index (Phi) is 6.90. The van der Waals surface area contributed by atoms with Gasteiger partial charge < -0.3 is 11.5 Å². The third-order valence-corrected chi connectivity index (χ3v) is 3.45. The maximum absolute atomic E-state index is 10.3. The molecular weight excluding hydrogens is 180 g/mol. The van der Waals surface area contributed by atoms with Gasteiger partial charge >= 0.3 is 0 Å². The Morgan fingerprint density at radius 1 is 1.55 bits per heavy atom. The van der Waals surface area contributed by atoms with Crippen molar-refractivity contribution in [3.05, 3.63) is 0 Å². The molecule has 0 radical (unpaired) electrons. The number of primary amides is 1. The molecule has 0 aliphatic carbocycles. The minimum atomic E-state index is -0.237. The van der Waals surface area contributed by atoms with Crippen LogP contribution in [0.25, 0.3) is 0 Å². The second-order valence-electron chi connectivity index (χ2n) is 2.30. The van der Waals surface area contributed by atoms with Crippen molar-refractivity contribution in [1.29, 1.82) is 0 Å². The van der Waals surface area contributed by atoms with E-state index >= 15 is 0 Å². The molecule has 0 fully saturated rings. The number of amides is 1. The summed E-state index contributed by atoms with van der Waals surface area (Å²) in [6, 6.07) is 0.223. The highest BCUT2D eigenvalue weighted by molar-refractivity contribution is 8.76.